The highest BCUT2D eigenvalue weighted by molar-refractivity contribution is 6.07. The van der Waals surface area contributed by atoms with Crippen molar-refractivity contribution in [2.45, 2.75) is 0 Å². The van der Waals surface area contributed by atoms with Gasteiger partial charge in [0.1, 0.15) is 11.6 Å². The van der Waals surface area contributed by atoms with Gasteiger partial charge in [-0.05, 0) is 72.8 Å². The summed E-state index contributed by atoms with van der Waals surface area (Å²) in [6, 6.07) is 21.0. The van der Waals surface area contributed by atoms with Crippen LogP contribution in [0.3, 0.4) is 0 Å². The van der Waals surface area contributed by atoms with Crippen LogP contribution in [0, 0.1) is 11.6 Å². The average Bonchev–Trinajstić information content (AvgIpc) is 3.18. The van der Waals surface area contributed by atoms with Crippen LogP contribution < -0.4 is 0 Å². The first-order chi connectivity index (χ1) is 14.1. The molecule has 0 N–H and O–H groups in total. The van der Waals surface area contributed by atoms with E-state index < -0.39 is 5.82 Å². The van der Waals surface area contributed by atoms with Crippen LogP contribution in [0.25, 0.3) is 23.0 Å². The summed E-state index contributed by atoms with van der Waals surface area (Å²) >= 11 is 0. The largest absolute Gasteiger partial charge is 0.289 e. The summed E-state index contributed by atoms with van der Waals surface area (Å²) in [5.74, 6) is -0.976. The van der Waals surface area contributed by atoms with E-state index in [0.717, 1.165) is 11.3 Å². The molecule has 0 radical (unpaired) electrons. The van der Waals surface area contributed by atoms with E-state index in [1.807, 2.05) is 36.5 Å². The molecule has 29 heavy (non-hydrogen) atoms. The molecule has 4 rings (SSSR count). The number of halogens is 2. The van der Waals surface area contributed by atoms with Crippen LogP contribution in [0.15, 0.2) is 91.1 Å². The Hall–Kier alpha value is -3.86. The van der Waals surface area contributed by atoms with Gasteiger partial charge in [0, 0.05) is 22.9 Å². The molecule has 5 heteroatoms. The summed E-state index contributed by atoms with van der Waals surface area (Å²) in [4.78, 5) is 12.4. The van der Waals surface area contributed by atoms with Crippen molar-refractivity contribution in [1.82, 2.24) is 9.78 Å². The molecular formula is C24H16F2N2O. The third kappa shape index (κ3) is 4.19. The minimum atomic E-state index is -0.395. The predicted octanol–water partition coefficient (Wildman–Crippen LogP) is 5.71. The number of rotatable bonds is 5. The summed E-state index contributed by atoms with van der Waals surface area (Å²) in [5.41, 5.74) is 3.31. The van der Waals surface area contributed by atoms with E-state index in [0.29, 0.717) is 16.8 Å². The maximum atomic E-state index is 13.3. The smallest absolute Gasteiger partial charge is 0.185 e. The van der Waals surface area contributed by atoms with Gasteiger partial charge in [-0.25, -0.2) is 13.5 Å². The highest BCUT2D eigenvalue weighted by atomic mass is 19.1. The molecule has 0 aliphatic heterocycles. The zero-order valence-corrected chi connectivity index (χ0v) is 15.3. The molecule has 3 nitrogen and oxygen atoms in total. The van der Waals surface area contributed by atoms with Gasteiger partial charge >= 0.3 is 0 Å². The minimum Gasteiger partial charge on any atom is -0.289 e. The van der Waals surface area contributed by atoms with Crippen LogP contribution in [-0.4, -0.2) is 15.6 Å². The summed E-state index contributed by atoms with van der Waals surface area (Å²) in [7, 11) is 0. The molecule has 0 spiro atoms. The van der Waals surface area contributed by atoms with E-state index >= 15 is 0 Å². The van der Waals surface area contributed by atoms with Crippen molar-refractivity contribution in [3.8, 4) is 16.9 Å². The Balaban J connectivity index is 1.72. The van der Waals surface area contributed by atoms with E-state index in [2.05, 4.69) is 5.10 Å². The van der Waals surface area contributed by atoms with E-state index in [1.165, 1.54) is 42.5 Å². The summed E-state index contributed by atoms with van der Waals surface area (Å²) < 4.78 is 28.1. The number of carbonyl (C=O) groups excluding carboxylic acids is 1. The van der Waals surface area contributed by atoms with Gasteiger partial charge in [-0.15, -0.1) is 0 Å². The van der Waals surface area contributed by atoms with Gasteiger partial charge in [-0.2, -0.15) is 5.10 Å². The molecule has 142 valence electrons. The van der Waals surface area contributed by atoms with Gasteiger partial charge in [0.15, 0.2) is 5.78 Å². The number of aromatic nitrogens is 2. The lowest BCUT2D eigenvalue weighted by Crippen LogP contribution is -1.94. The van der Waals surface area contributed by atoms with Crippen LogP contribution in [0.1, 0.15) is 15.9 Å². The molecule has 0 fully saturated rings. The van der Waals surface area contributed by atoms with Crippen LogP contribution in [-0.2, 0) is 0 Å². The monoisotopic (exact) mass is 386 g/mol. The molecule has 0 amide bonds. The van der Waals surface area contributed by atoms with E-state index in [9.17, 15) is 13.6 Å². The molecule has 0 aliphatic carbocycles. The fraction of sp³-hybridized carbons (Fsp3) is 0. The summed E-state index contributed by atoms with van der Waals surface area (Å²) in [6.07, 6.45) is 4.89. The number of carbonyl (C=O) groups is 1. The van der Waals surface area contributed by atoms with Crippen molar-refractivity contribution in [3.05, 3.63) is 114 Å². The predicted molar refractivity (Wildman–Crippen MR) is 109 cm³/mol. The first kappa shape index (κ1) is 18.5. The molecule has 0 saturated heterocycles. The Morgan fingerprint density at radius 1 is 0.828 bits per heavy atom. The number of para-hydroxylation sites is 1. The highest BCUT2D eigenvalue weighted by Gasteiger charge is 2.11. The third-order valence-electron chi connectivity index (χ3n) is 4.42. The third-order valence-corrected chi connectivity index (χ3v) is 4.42. The molecule has 4 aromatic rings. The lowest BCUT2D eigenvalue weighted by molar-refractivity contribution is 0.104. The average molecular weight is 386 g/mol. The molecule has 0 unspecified atom stereocenters. The molecule has 0 aliphatic rings. The van der Waals surface area contributed by atoms with Gasteiger partial charge in [-0.1, -0.05) is 18.2 Å². The second-order valence-corrected chi connectivity index (χ2v) is 6.42. The molecule has 0 saturated carbocycles. The van der Waals surface area contributed by atoms with E-state index in [4.69, 9.17) is 0 Å². The second kappa shape index (κ2) is 8.02. The summed E-state index contributed by atoms with van der Waals surface area (Å²) in [6.45, 7) is 0. The maximum absolute atomic E-state index is 13.3. The number of benzene rings is 3. The Kier molecular flexibility index (Phi) is 5.12. The summed E-state index contributed by atoms with van der Waals surface area (Å²) in [5, 5.41) is 4.62. The Labute approximate surface area is 166 Å². The van der Waals surface area contributed by atoms with Crippen LogP contribution in [0.2, 0.25) is 0 Å². The maximum Gasteiger partial charge on any atom is 0.185 e. The topological polar surface area (TPSA) is 34.9 Å². The van der Waals surface area contributed by atoms with Crippen LogP contribution >= 0.6 is 0 Å². The van der Waals surface area contributed by atoms with E-state index in [1.54, 1.807) is 22.9 Å². The van der Waals surface area contributed by atoms with Crippen molar-refractivity contribution in [1.29, 1.82) is 0 Å². The Morgan fingerprint density at radius 3 is 2.10 bits per heavy atom. The standard InChI is InChI=1S/C24H16F2N2O/c25-20-11-6-17(7-12-20)23(29)15-10-19-16-28(22-4-2-1-3-5-22)27-24(19)18-8-13-21(26)14-9-18/h1-16H/b15-10-. The van der Waals surface area contributed by atoms with Crippen molar-refractivity contribution in [2.24, 2.45) is 0 Å². The van der Waals surface area contributed by atoms with Crippen LogP contribution in [0.4, 0.5) is 8.78 Å². The molecule has 1 aromatic heterocycles. The fourth-order valence-electron chi connectivity index (χ4n) is 2.93. The van der Waals surface area contributed by atoms with Gasteiger partial charge in [-0.3, -0.25) is 4.79 Å². The van der Waals surface area contributed by atoms with Crippen molar-refractivity contribution >= 4 is 11.9 Å². The molecule has 0 bridgehead atoms. The zero-order valence-electron chi connectivity index (χ0n) is 15.3. The zero-order chi connectivity index (χ0) is 20.2. The SMILES string of the molecule is O=C(/C=C\c1cn(-c2ccccc2)nc1-c1ccc(F)cc1)c1ccc(F)cc1. The normalized spacial score (nSPS) is 11.1. The fourth-order valence-corrected chi connectivity index (χ4v) is 2.93. The first-order valence-corrected chi connectivity index (χ1v) is 8.99. The second-order valence-electron chi connectivity index (χ2n) is 6.42. The van der Waals surface area contributed by atoms with Crippen molar-refractivity contribution < 1.29 is 13.6 Å². The van der Waals surface area contributed by atoms with Crippen LogP contribution in [0.5, 0.6) is 0 Å². The van der Waals surface area contributed by atoms with Crippen molar-refractivity contribution in [2.75, 3.05) is 0 Å². The van der Waals surface area contributed by atoms with Gasteiger partial charge < -0.3 is 0 Å². The lowest BCUT2D eigenvalue weighted by Gasteiger charge is -2.00. The molecular weight excluding hydrogens is 370 g/mol. The van der Waals surface area contributed by atoms with Gasteiger partial charge in [0.05, 0.1) is 11.4 Å². The molecule has 0 atom stereocenters. The lowest BCUT2D eigenvalue weighted by atomic mass is 10.1. The number of nitrogens with zero attached hydrogens (tertiary/aromatic N) is 2. The first-order valence-electron chi connectivity index (χ1n) is 8.99. The highest BCUT2D eigenvalue weighted by Crippen LogP contribution is 2.25. The molecule has 1 heterocycles. The van der Waals surface area contributed by atoms with Gasteiger partial charge in [0.2, 0.25) is 0 Å². The number of allylic oxidation sites excluding steroid dienone is 1. The van der Waals surface area contributed by atoms with Crippen molar-refractivity contribution in [3.63, 3.8) is 0 Å². The number of hydrogen-bond acceptors (Lipinski definition) is 2. The number of ketones is 1. The number of hydrogen-bond donors (Lipinski definition) is 0. The minimum absolute atomic E-state index is 0.248. The van der Waals surface area contributed by atoms with Gasteiger partial charge in [0.25, 0.3) is 0 Å². The van der Waals surface area contributed by atoms with E-state index in [-0.39, 0.29) is 11.6 Å². The quantitative estimate of drug-likeness (QED) is 0.325. The Morgan fingerprint density at radius 2 is 1.45 bits per heavy atom. The Bertz CT molecular complexity index is 1160. The molecule has 3 aromatic carbocycles.